The molecular formula is C21H21N3O2. The highest BCUT2D eigenvalue weighted by atomic mass is 16.5. The molecule has 3 aromatic rings. The van der Waals surface area contributed by atoms with Crippen LogP contribution in [0.3, 0.4) is 0 Å². The summed E-state index contributed by atoms with van der Waals surface area (Å²) >= 11 is 0. The van der Waals surface area contributed by atoms with Crippen LogP contribution in [0, 0.1) is 0 Å². The molecule has 0 saturated heterocycles. The van der Waals surface area contributed by atoms with Crippen molar-refractivity contribution in [2.75, 3.05) is 18.5 Å². The van der Waals surface area contributed by atoms with Crippen LogP contribution in [-0.2, 0) is 17.8 Å². The summed E-state index contributed by atoms with van der Waals surface area (Å²) in [5, 5.41) is 8.53. The van der Waals surface area contributed by atoms with Crippen molar-refractivity contribution in [2.24, 2.45) is 0 Å². The topological polar surface area (TPSA) is 63.2 Å². The molecule has 132 valence electrons. The molecule has 0 saturated carbocycles. The zero-order valence-corrected chi connectivity index (χ0v) is 14.5. The predicted octanol–water partition coefficient (Wildman–Crippen LogP) is 3.29. The molecule has 1 amide bonds. The summed E-state index contributed by atoms with van der Waals surface area (Å²) < 4.78 is 5.73. The standard InChI is InChI=1S/C21H21N3O2/c25-21(7-5-15-2-1-3-16-13-22-9-8-19(15)16)24-18-6-4-17-14-23-10-11-26-20(17)12-18/h1-4,6,8-9,12-13,23H,5,7,10-11,14H2,(H,24,25). The normalized spacial score (nSPS) is 13.5. The molecule has 2 N–H and O–H groups in total. The van der Waals surface area contributed by atoms with Crippen LogP contribution in [0.25, 0.3) is 10.8 Å². The molecule has 0 unspecified atom stereocenters. The molecule has 5 nitrogen and oxygen atoms in total. The van der Waals surface area contributed by atoms with Gasteiger partial charge in [-0.2, -0.15) is 0 Å². The minimum atomic E-state index is 0.00255. The number of hydrogen-bond acceptors (Lipinski definition) is 4. The number of anilines is 1. The largest absolute Gasteiger partial charge is 0.492 e. The number of amides is 1. The number of ether oxygens (including phenoxy) is 1. The Morgan fingerprint density at radius 2 is 2.19 bits per heavy atom. The van der Waals surface area contributed by atoms with E-state index >= 15 is 0 Å². The first-order valence-electron chi connectivity index (χ1n) is 8.87. The molecule has 2 aromatic carbocycles. The first-order valence-corrected chi connectivity index (χ1v) is 8.87. The number of benzene rings is 2. The van der Waals surface area contributed by atoms with Gasteiger partial charge in [-0.05, 0) is 29.5 Å². The van der Waals surface area contributed by atoms with E-state index in [4.69, 9.17) is 4.74 Å². The van der Waals surface area contributed by atoms with Gasteiger partial charge in [0.25, 0.3) is 0 Å². The maximum absolute atomic E-state index is 12.4. The summed E-state index contributed by atoms with van der Waals surface area (Å²) in [6.45, 7) is 2.26. The highest BCUT2D eigenvalue weighted by Gasteiger charge is 2.11. The van der Waals surface area contributed by atoms with Crippen LogP contribution >= 0.6 is 0 Å². The number of aromatic nitrogens is 1. The number of pyridine rings is 1. The van der Waals surface area contributed by atoms with Gasteiger partial charge in [-0.3, -0.25) is 9.78 Å². The summed E-state index contributed by atoms with van der Waals surface area (Å²) in [6, 6.07) is 14.0. The van der Waals surface area contributed by atoms with Crippen LogP contribution in [0.1, 0.15) is 17.5 Å². The molecule has 0 fully saturated rings. The Morgan fingerprint density at radius 1 is 1.23 bits per heavy atom. The van der Waals surface area contributed by atoms with Gasteiger partial charge in [0.15, 0.2) is 0 Å². The van der Waals surface area contributed by atoms with Crippen LogP contribution in [-0.4, -0.2) is 24.0 Å². The third-order valence-electron chi connectivity index (χ3n) is 4.60. The van der Waals surface area contributed by atoms with Gasteiger partial charge in [-0.1, -0.05) is 24.3 Å². The number of aryl methyl sites for hydroxylation is 1. The second-order valence-electron chi connectivity index (χ2n) is 6.41. The second kappa shape index (κ2) is 7.54. The van der Waals surface area contributed by atoms with Crippen molar-refractivity contribution in [1.29, 1.82) is 0 Å². The molecule has 5 heteroatoms. The fraction of sp³-hybridized carbons (Fsp3) is 0.238. The van der Waals surface area contributed by atoms with Gasteiger partial charge in [0.2, 0.25) is 5.91 Å². The fourth-order valence-corrected chi connectivity index (χ4v) is 3.25. The maximum atomic E-state index is 12.4. The number of rotatable bonds is 4. The van der Waals surface area contributed by atoms with Gasteiger partial charge in [0, 0.05) is 54.6 Å². The minimum Gasteiger partial charge on any atom is -0.492 e. The number of fused-ring (bicyclic) bond motifs is 2. The summed E-state index contributed by atoms with van der Waals surface area (Å²) in [6.07, 6.45) is 4.76. The molecule has 2 heterocycles. The molecule has 1 aromatic heterocycles. The Bertz CT molecular complexity index is 934. The number of nitrogens with one attached hydrogen (secondary N) is 2. The van der Waals surface area contributed by atoms with E-state index in [1.54, 1.807) is 6.20 Å². The van der Waals surface area contributed by atoms with Crippen molar-refractivity contribution in [3.05, 3.63) is 66.0 Å². The quantitative estimate of drug-likeness (QED) is 0.760. The van der Waals surface area contributed by atoms with Gasteiger partial charge in [0.1, 0.15) is 12.4 Å². The zero-order valence-electron chi connectivity index (χ0n) is 14.5. The number of hydrogen-bond donors (Lipinski definition) is 2. The van der Waals surface area contributed by atoms with Gasteiger partial charge >= 0.3 is 0 Å². The van der Waals surface area contributed by atoms with E-state index in [2.05, 4.69) is 21.7 Å². The summed E-state index contributed by atoms with van der Waals surface area (Å²) in [5.41, 5.74) is 3.05. The van der Waals surface area contributed by atoms with Crippen molar-refractivity contribution in [2.45, 2.75) is 19.4 Å². The SMILES string of the molecule is O=C(CCc1cccc2cnccc12)Nc1ccc2c(c1)OCCNC2. The lowest BCUT2D eigenvalue weighted by Gasteiger charge is -2.11. The molecule has 26 heavy (non-hydrogen) atoms. The highest BCUT2D eigenvalue weighted by Crippen LogP contribution is 2.25. The number of carbonyl (C=O) groups is 1. The first-order chi connectivity index (χ1) is 12.8. The fourth-order valence-electron chi connectivity index (χ4n) is 3.25. The van der Waals surface area contributed by atoms with Crippen LogP contribution in [0.15, 0.2) is 54.9 Å². The van der Waals surface area contributed by atoms with Crippen LogP contribution in [0.4, 0.5) is 5.69 Å². The van der Waals surface area contributed by atoms with E-state index in [1.165, 1.54) is 0 Å². The predicted molar refractivity (Wildman–Crippen MR) is 102 cm³/mol. The molecule has 0 spiro atoms. The molecule has 4 rings (SSSR count). The van der Waals surface area contributed by atoms with Crippen molar-refractivity contribution < 1.29 is 9.53 Å². The molecular weight excluding hydrogens is 326 g/mol. The molecule has 1 aliphatic rings. The zero-order chi connectivity index (χ0) is 17.8. The van der Waals surface area contributed by atoms with Gasteiger partial charge in [-0.25, -0.2) is 0 Å². The smallest absolute Gasteiger partial charge is 0.224 e. The van der Waals surface area contributed by atoms with Crippen LogP contribution in [0.2, 0.25) is 0 Å². The first kappa shape index (κ1) is 16.5. The average molecular weight is 347 g/mol. The lowest BCUT2D eigenvalue weighted by Crippen LogP contribution is -2.16. The Kier molecular flexibility index (Phi) is 4.80. The third kappa shape index (κ3) is 3.68. The molecule has 0 aliphatic carbocycles. The average Bonchev–Trinajstić information content (AvgIpc) is 2.91. The molecule has 1 aliphatic heterocycles. The van der Waals surface area contributed by atoms with E-state index in [9.17, 15) is 4.79 Å². The Balaban J connectivity index is 1.42. The van der Waals surface area contributed by atoms with Crippen molar-refractivity contribution in [3.8, 4) is 5.75 Å². The highest BCUT2D eigenvalue weighted by molar-refractivity contribution is 5.92. The summed E-state index contributed by atoms with van der Waals surface area (Å²) in [5.74, 6) is 0.845. The van der Waals surface area contributed by atoms with E-state index in [-0.39, 0.29) is 5.91 Å². The minimum absolute atomic E-state index is 0.00255. The monoisotopic (exact) mass is 347 g/mol. The molecule has 0 bridgehead atoms. The molecule has 0 radical (unpaired) electrons. The van der Waals surface area contributed by atoms with Crippen molar-refractivity contribution in [1.82, 2.24) is 10.3 Å². The Hall–Kier alpha value is -2.92. The van der Waals surface area contributed by atoms with Crippen molar-refractivity contribution in [3.63, 3.8) is 0 Å². The lowest BCUT2D eigenvalue weighted by molar-refractivity contribution is -0.116. The van der Waals surface area contributed by atoms with Gasteiger partial charge in [-0.15, -0.1) is 0 Å². The number of nitrogens with zero attached hydrogens (tertiary/aromatic N) is 1. The molecule has 0 atom stereocenters. The second-order valence-corrected chi connectivity index (χ2v) is 6.41. The Morgan fingerprint density at radius 3 is 3.15 bits per heavy atom. The summed E-state index contributed by atoms with van der Waals surface area (Å²) in [7, 11) is 0. The third-order valence-corrected chi connectivity index (χ3v) is 4.60. The van der Waals surface area contributed by atoms with E-state index < -0.39 is 0 Å². The van der Waals surface area contributed by atoms with Crippen LogP contribution in [0.5, 0.6) is 5.75 Å². The maximum Gasteiger partial charge on any atom is 0.224 e. The number of carbonyl (C=O) groups excluding carboxylic acids is 1. The van der Waals surface area contributed by atoms with Crippen molar-refractivity contribution >= 4 is 22.4 Å². The van der Waals surface area contributed by atoms with Crippen LogP contribution < -0.4 is 15.4 Å². The lowest BCUT2D eigenvalue weighted by atomic mass is 10.0. The van der Waals surface area contributed by atoms with E-state index in [0.717, 1.165) is 46.4 Å². The summed E-state index contributed by atoms with van der Waals surface area (Å²) in [4.78, 5) is 16.5. The van der Waals surface area contributed by atoms with E-state index in [1.807, 2.05) is 42.6 Å². The Labute approximate surface area is 152 Å². The van der Waals surface area contributed by atoms with Gasteiger partial charge in [0.05, 0.1) is 0 Å². The van der Waals surface area contributed by atoms with E-state index in [0.29, 0.717) is 19.4 Å². The van der Waals surface area contributed by atoms with Gasteiger partial charge < -0.3 is 15.4 Å².